The number of aromatic nitrogens is 1. The van der Waals surface area contributed by atoms with Crippen molar-refractivity contribution in [1.82, 2.24) is 25.4 Å². The lowest BCUT2D eigenvalue weighted by Crippen LogP contribution is -2.59. The molecule has 12 nitrogen and oxygen atoms in total. The summed E-state index contributed by atoms with van der Waals surface area (Å²) in [5, 5.41) is 6.67. The van der Waals surface area contributed by atoms with Crippen molar-refractivity contribution in [2.45, 2.75) is 37.8 Å². The predicted octanol–water partition coefficient (Wildman–Crippen LogP) is 4.25. The van der Waals surface area contributed by atoms with Crippen molar-refractivity contribution in [3.8, 4) is 0 Å². The van der Waals surface area contributed by atoms with Crippen LogP contribution in [0.15, 0.2) is 69.9 Å². The molecule has 0 saturated carbocycles. The molecular weight excluding hydrogens is 790 g/mol. The number of hydrogen-bond donors (Lipinski definition) is 4. The summed E-state index contributed by atoms with van der Waals surface area (Å²) in [5.74, 6) is -0.567. The van der Waals surface area contributed by atoms with Gasteiger partial charge in [-0.05, 0) is 99.6 Å². The average molecular weight is 834 g/mol. The zero-order valence-corrected chi connectivity index (χ0v) is 31.8. The molecule has 5 rings (SSSR count). The van der Waals surface area contributed by atoms with Crippen LogP contribution in [0, 0.1) is 0 Å². The second-order valence-corrected chi connectivity index (χ2v) is 14.6. The van der Waals surface area contributed by atoms with E-state index in [9.17, 15) is 14.4 Å². The molecule has 15 heteroatoms. The summed E-state index contributed by atoms with van der Waals surface area (Å²) >= 11 is 13.4. The topological polar surface area (TPSA) is 153 Å². The molecule has 6 N–H and O–H groups in total. The molecule has 0 aliphatic carbocycles. The molecule has 0 radical (unpaired) electrons. The number of anilines is 3. The first-order valence-electron chi connectivity index (χ1n) is 16.9. The SMILES string of the molecule is NCCCC[C@H](NC(=O)[C@@H](Cc1cc(Br)c(N)c(Br)c1)NC(=O)N1CCN(c2ccccc2Cl)CC1)C(=O)N1CCN(c2ccncc2)CC1. The number of benzene rings is 2. The van der Waals surface area contributed by atoms with Crippen LogP contribution < -0.4 is 31.9 Å². The van der Waals surface area contributed by atoms with Crippen LogP contribution in [0.3, 0.4) is 0 Å². The normalized spacial score (nSPS) is 16.2. The molecule has 268 valence electrons. The third kappa shape index (κ3) is 9.80. The first-order chi connectivity index (χ1) is 24.1. The number of hydrogen-bond acceptors (Lipinski definition) is 8. The van der Waals surface area contributed by atoms with Gasteiger partial charge in [-0.25, -0.2) is 4.79 Å². The Hall–Kier alpha value is -3.59. The summed E-state index contributed by atoms with van der Waals surface area (Å²) < 4.78 is 1.34. The number of carbonyl (C=O) groups is 3. The molecule has 1 aromatic heterocycles. The van der Waals surface area contributed by atoms with Crippen molar-refractivity contribution >= 4 is 78.4 Å². The fourth-order valence-corrected chi connectivity index (χ4v) is 7.82. The zero-order chi connectivity index (χ0) is 35.6. The van der Waals surface area contributed by atoms with Gasteiger partial charge in [0.2, 0.25) is 11.8 Å². The lowest BCUT2D eigenvalue weighted by Gasteiger charge is -2.38. The predicted molar refractivity (Wildman–Crippen MR) is 205 cm³/mol. The highest BCUT2D eigenvalue weighted by molar-refractivity contribution is 9.11. The van der Waals surface area contributed by atoms with Crippen LogP contribution in [0.5, 0.6) is 0 Å². The largest absolute Gasteiger partial charge is 0.397 e. The maximum absolute atomic E-state index is 14.1. The Labute approximate surface area is 315 Å². The number of unbranched alkanes of at least 4 members (excludes halogenated alkanes) is 1. The van der Waals surface area contributed by atoms with Gasteiger partial charge in [-0.1, -0.05) is 23.7 Å². The Morgan fingerprint density at radius 3 is 2.08 bits per heavy atom. The van der Waals surface area contributed by atoms with E-state index in [1.54, 1.807) is 17.3 Å². The summed E-state index contributed by atoms with van der Waals surface area (Å²) in [6.07, 6.45) is 5.54. The standard InChI is InChI=1S/C35H44Br2ClN9O3/c36-26-21-24(22-27(37)32(26)40)23-30(43-35(50)47-19-15-45(16-20-47)31-7-2-1-5-28(31)38)33(48)42-29(6-3-4-10-39)34(49)46-17-13-44(14-18-46)25-8-11-41-12-9-25/h1-2,5,7-9,11-12,21-22,29-30H,3-4,6,10,13-20,23,39-40H2,(H,42,48)(H,43,50)/t29-,30+/m0/s1. The fraction of sp³-hybridized carbons (Fsp3) is 0.429. The number of nitrogens with one attached hydrogen (secondary N) is 2. The van der Waals surface area contributed by atoms with Crippen molar-refractivity contribution in [1.29, 1.82) is 0 Å². The van der Waals surface area contributed by atoms with E-state index in [0.717, 1.165) is 23.4 Å². The summed E-state index contributed by atoms with van der Waals surface area (Å²) in [6, 6.07) is 13.2. The molecule has 50 heavy (non-hydrogen) atoms. The van der Waals surface area contributed by atoms with E-state index >= 15 is 0 Å². The van der Waals surface area contributed by atoms with E-state index in [0.29, 0.717) is 91.4 Å². The monoisotopic (exact) mass is 831 g/mol. The lowest BCUT2D eigenvalue weighted by molar-refractivity contribution is -0.137. The van der Waals surface area contributed by atoms with Crippen LogP contribution in [0.2, 0.25) is 5.02 Å². The average Bonchev–Trinajstić information content (AvgIpc) is 3.13. The quantitative estimate of drug-likeness (QED) is 0.156. The second-order valence-electron chi connectivity index (χ2n) is 12.5. The number of nitrogens with zero attached hydrogens (tertiary/aromatic N) is 5. The van der Waals surface area contributed by atoms with E-state index in [1.807, 2.05) is 53.4 Å². The van der Waals surface area contributed by atoms with Crippen LogP contribution in [0.1, 0.15) is 24.8 Å². The van der Waals surface area contributed by atoms with Crippen LogP contribution in [-0.2, 0) is 16.0 Å². The number of amides is 4. The lowest BCUT2D eigenvalue weighted by atomic mass is 10.0. The Balaban J connectivity index is 1.28. The number of rotatable bonds is 12. The highest BCUT2D eigenvalue weighted by Crippen LogP contribution is 2.30. The smallest absolute Gasteiger partial charge is 0.318 e. The Bertz CT molecular complexity index is 1600. The number of piperazine rings is 2. The zero-order valence-electron chi connectivity index (χ0n) is 27.9. The number of pyridine rings is 1. The van der Waals surface area contributed by atoms with Gasteiger partial charge in [-0.2, -0.15) is 0 Å². The highest BCUT2D eigenvalue weighted by atomic mass is 79.9. The molecular formula is C35H44Br2ClN9O3. The second kappa shape index (κ2) is 18.1. The molecule has 4 amide bonds. The first-order valence-corrected chi connectivity index (χ1v) is 18.8. The number of nitrogens with two attached hydrogens (primary N) is 2. The van der Waals surface area contributed by atoms with E-state index in [2.05, 4.69) is 57.3 Å². The van der Waals surface area contributed by atoms with Gasteiger partial charge in [-0.3, -0.25) is 14.6 Å². The fourth-order valence-electron chi connectivity index (χ4n) is 6.28. The minimum absolute atomic E-state index is 0.136. The molecule has 2 aromatic carbocycles. The molecule has 0 unspecified atom stereocenters. The number of nitrogen functional groups attached to an aromatic ring is 1. The molecule has 2 atom stereocenters. The van der Waals surface area contributed by atoms with Gasteiger partial charge in [-0.15, -0.1) is 0 Å². The van der Waals surface area contributed by atoms with Gasteiger partial charge in [0.25, 0.3) is 0 Å². The van der Waals surface area contributed by atoms with E-state index < -0.39 is 18.0 Å². The van der Waals surface area contributed by atoms with Gasteiger partial charge in [0.15, 0.2) is 0 Å². The van der Waals surface area contributed by atoms with Crippen molar-refractivity contribution < 1.29 is 14.4 Å². The van der Waals surface area contributed by atoms with Gasteiger partial charge in [0.05, 0.1) is 16.4 Å². The molecule has 2 aliphatic heterocycles. The Morgan fingerprint density at radius 1 is 0.820 bits per heavy atom. The van der Waals surface area contributed by atoms with Crippen LogP contribution >= 0.6 is 43.5 Å². The summed E-state index contributed by atoms with van der Waals surface area (Å²) in [5.41, 5.74) is 15.2. The third-order valence-corrected chi connectivity index (χ3v) is 10.8. The molecule has 3 aromatic rings. The maximum atomic E-state index is 14.1. The molecule has 2 saturated heterocycles. The van der Waals surface area contributed by atoms with E-state index in [4.69, 9.17) is 23.1 Å². The molecule has 3 heterocycles. The van der Waals surface area contributed by atoms with E-state index in [1.165, 1.54) is 0 Å². The molecule has 0 spiro atoms. The first kappa shape index (κ1) is 37.7. The van der Waals surface area contributed by atoms with Gasteiger partial charge >= 0.3 is 6.03 Å². The van der Waals surface area contributed by atoms with Crippen molar-refractivity contribution in [3.05, 3.63) is 80.5 Å². The summed E-state index contributed by atoms with van der Waals surface area (Å²) in [7, 11) is 0. The van der Waals surface area contributed by atoms with Crippen molar-refractivity contribution in [3.63, 3.8) is 0 Å². The molecule has 2 aliphatic rings. The number of carbonyl (C=O) groups excluding carboxylic acids is 3. The number of para-hydroxylation sites is 1. The third-order valence-electron chi connectivity index (χ3n) is 9.13. The summed E-state index contributed by atoms with van der Waals surface area (Å²) in [6.45, 7) is 4.98. The summed E-state index contributed by atoms with van der Waals surface area (Å²) in [4.78, 5) is 53.7. The number of urea groups is 1. The van der Waals surface area contributed by atoms with Crippen molar-refractivity contribution in [2.75, 3.05) is 74.4 Å². The van der Waals surface area contributed by atoms with Gasteiger partial charge < -0.3 is 41.7 Å². The maximum Gasteiger partial charge on any atom is 0.318 e. The minimum Gasteiger partial charge on any atom is -0.397 e. The van der Waals surface area contributed by atoms with Crippen LogP contribution in [0.25, 0.3) is 0 Å². The minimum atomic E-state index is -0.958. The Morgan fingerprint density at radius 2 is 1.44 bits per heavy atom. The van der Waals surface area contributed by atoms with E-state index in [-0.39, 0.29) is 18.4 Å². The van der Waals surface area contributed by atoms with Crippen LogP contribution in [-0.4, -0.2) is 104 Å². The van der Waals surface area contributed by atoms with Crippen LogP contribution in [0.4, 0.5) is 21.9 Å². The van der Waals surface area contributed by atoms with Gasteiger partial charge in [0.1, 0.15) is 12.1 Å². The molecule has 0 bridgehead atoms. The number of halogens is 3. The van der Waals surface area contributed by atoms with Crippen molar-refractivity contribution in [2.24, 2.45) is 5.73 Å². The highest BCUT2D eigenvalue weighted by Gasteiger charge is 2.33. The Kier molecular flexibility index (Phi) is 13.6. The molecule has 2 fully saturated rings. The van der Waals surface area contributed by atoms with Gasteiger partial charge in [0, 0.05) is 85.8 Å².